The van der Waals surface area contributed by atoms with Gasteiger partial charge in [0.05, 0.1) is 24.1 Å². The van der Waals surface area contributed by atoms with E-state index in [1.54, 1.807) is 12.1 Å². The highest BCUT2D eigenvalue weighted by atomic mass is 79.9. The molecule has 0 saturated heterocycles. The number of para-hydroxylation sites is 2. The first-order valence-corrected chi connectivity index (χ1v) is 10.9. The van der Waals surface area contributed by atoms with Crippen molar-refractivity contribution in [2.45, 2.75) is 13.1 Å². The number of aromatic nitrogens is 2. The minimum absolute atomic E-state index is 0.115. The van der Waals surface area contributed by atoms with Gasteiger partial charge in [-0.05, 0) is 52.7 Å². The topological polar surface area (TPSA) is 46.9 Å². The molecule has 0 aliphatic carbocycles. The van der Waals surface area contributed by atoms with E-state index in [1.807, 2.05) is 30.3 Å². The maximum atomic E-state index is 12.6. The number of hydrogen-bond donors (Lipinski definition) is 1. The molecular weight excluding hydrogens is 450 g/mol. The number of nitrogens with zero attached hydrogens (tertiary/aromatic N) is 2. The molecule has 0 aliphatic rings. The van der Waals surface area contributed by atoms with E-state index in [-0.39, 0.29) is 5.91 Å². The Morgan fingerprint density at radius 3 is 2.48 bits per heavy atom. The van der Waals surface area contributed by atoms with E-state index >= 15 is 0 Å². The van der Waals surface area contributed by atoms with Crippen LogP contribution in [0.1, 0.15) is 21.7 Å². The van der Waals surface area contributed by atoms with Gasteiger partial charge in [0.25, 0.3) is 5.91 Å². The average molecular weight is 470 g/mol. The van der Waals surface area contributed by atoms with Gasteiger partial charge >= 0.3 is 0 Å². The lowest BCUT2D eigenvalue weighted by molar-refractivity contribution is 0.0949. The molecule has 5 heteroatoms. The first-order chi connectivity index (χ1) is 15.2. The zero-order valence-electron chi connectivity index (χ0n) is 16.8. The van der Waals surface area contributed by atoms with Crippen LogP contribution in [0.25, 0.3) is 21.8 Å². The van der Waals surface area contributed by atoms with Gasteiger partial charge in [0.15, 0.2) is 0 Å². The number of carbonyl (C=O) groups excluding carboxylic acids is 1. The summed E-state index contributed by atoms with van der Waals surface area (Å²) in [6.07, 6.45) is 0. The number of nitrogens with one attached hydrogen (secondary N) is 1. The van der Waals surface area contributed by atoms with Crippen LogP contribution in [0.2, 0.25) is 0 Å². The van der Waals surface area contributed by atoms with E-state index in [4.69, 9.17) is 4.98 Å². The van der Waals surface area contributed by atoms with E-state index in [0.29, 0.717) is 18.7 Å². The molecule has 0 unspecified atom stereocenters. The summed E-state index contributed by atoms with van der Waals surface area (Å²) in [5.41, 5.74) is 3.83. The Labute approximate surface area is 188 Å². The minimum Gasteiger partial charge on any atom is -0.345 e. The SMILES string of the molecule is O=C(NCc1nc2ccccc2n1Cc1cccc2ccccc12)c1ccc(Br)cc1. The summed E-state index contributed by atoms with van der Waals surface area (Å²) in [5.74, 6) is 0.718. The van der Waals surface area contributed by atoms with Crippen LogP contribution < -0.4 is 5.32 Å². The third kappa shape index (κ3) is 3.97. The molecule has 0 spiro atoms. The van der Waals surface area contributed by atoms with E-state index < -0.39 is 0 Å². The molecular formula is C26H20BrN3O. The Hall–Kier alpha value is -3.44. The molecule has 0 saturated carbocycles. The molecule has 5 rings (SSSR count). The molecule has 1 amide bonds. The summed E-state index contributed by atoms with van der Waals surface area (Å²) >= 11 is 3.40. The van der Waals surface area contributed by atoms with Crippen molar-refractivity contribution in [3.63, 3.8) is 0 Å². The molecule has 1 N–H and O–H groups in total. The second-order valence-corrected chi connectivity index (χ2v) is 8.35. The van der Waals surface area contributed by atoms with Crippen LogP contribution in [-0.2, 0) is 13.1 Å². The third-order valence-electron chi connectivity index (χ3n) is 5.46. The first-order valence-electron chi connectivity index (χ1n) is 10.1. The quantitative estimate of drug-likeness (QED) is 0.346. The monoisotopic (exact) mass is 469 g/mol. The number of amides is 1. The van der Waals surface area contributed by atoms with Crippen molar-refractivity contribution in [3.8, 4) is 0 Å². The van der Waals surface area contributed by atoms with E-state index in [0.717, 1.165) is 21.3 Å². The highest BCUT2D eigenvalue weighted by molar-refractivity contribution is 9.10. The molecule has 0 atom stereocenters. The second-order valence-electron chi connectivity index (χ2n) is 7.43. The van der Waals surface area contributed by atoms with Gasteiger partial charge in [-0.2, -0.15) is 0 Å². The maximum absolute atomic E-state index is 12.6. The molecule has 1 aromatic heterocycles. The van der Waals surface area contributed by atoms with Gasteiger partial charge in [0.2, 0.25) is 0 Å². The zero-order chi connectivity index (χ0) is 21.2. The Kier molecular flexibility index (Phi) is 5.26. The third-order valence-corrected chi connectivity index (χ3v) is 5.98. The first kappa shape index (κ1) is 19.5. The average Bonchev–Trinajstić information content (AvgIpc) is 3.15. The second kappa shape index (κ2) is 8.36. The van der Waals surface area contributed by atoms with Crippen LogP contribution in [0.3, 0.4) is 0 Å². The van der Waals surface area contributed by atoms with Gasteiger partial charge in [-0.1, -0.05) is 70.5 Å². The van der Waals surface area contributed by atoms with Crippen LogP contribution in [0.4, 0.5) is 0 Å². The highest BCUT2D eigenvalue weighted by Crippen LogP contribution is 2.23. The molecule has 5 aromatic rings. The molecule has 4 nitrogen and oxygen atoms in total. The fraction of sp³-hybridized carbons (Fsp3) is 0.0769. The highest BCUT2D eigenvalue weighted by Gasteiger charge is 2.14. The molecule has 0 fully saturated rings. The summed E-state index contributed by atoms with van der Waals surface area (Å²) in [6.45, 7) is 1.04. The Balaban J connectivity index is 1.48. The number of fused-ring (bicyclic) bond motifs is 2. The lowest BCUT2D eigenvalue weighted by atomic mass is 10.0. The van der Waals surface area contributed by atoms with Gasteiger partial charge in [-0.15, -0.1) is 0 Å². The van der Waals surface area contributed by atoms with Gasteiger partial charge in [-0.25, -0.2) is 4.98 Å². The van der Waals surface area contributed by atoms with E-state index in [9.17, 15) is 4.79 Å². The number of carbonyl (C=O) groups is 1. The molecule has 0 aliphatic heterocycles. The molecule has 0 bridgehead atoms. The van der Waals surface area contributed by atoms with Crippen LogP contribution in [0.15, 0.2) is 95.5 Å². The number of imidazole rings is 1. The summed E-state index contributed by atoms with van der Waals surface area (Å²) in [6, 6.07) is 30.2. The number of halogens is 1. The molecule has 31 heavy (non-hydrogen) atoms. The summed E-state index contributed by atoms with van der Waals surface area (Å²) < 4.78 is 3.14. The van der Waals surface area contributed by atoms with Gasteiger partial charge in [0, 0.05) is 10.0 Å². The van der Waals surface area contributed by atoms with Crippen LogP contribution in [0.5, 0.6) is 0 Å². The minimum atomic E-state index is -0.115. The van der Waals surface area contributed by atoms with Crippen molar-refractivity contribution in [1.29, 1.82) is 0 Å². The molecule has 0 radical (unpaired) electrons. The smallest absolute Gasteiger partial charge is 0.251 e. The summed E-state index contributed by atoms with van der Waals surface area (Å²) in [7, 11) is 0. The van der Waals surface area contributed by atoms with Crippen molar-refractivity contribution < 1.29 is 4.79 Å². The van der Waals surface area contributed by atoms with Gasteiger partial charge < -0.3 is 9.88 Å². The fourth-order valence-electron chi connectivity index (χ4n) is 3.90. The largest absolute Gasteiger partial charge is 0.345 e. The van der Waals surface area contributed by atoms with Crippen molar-refractivity contribution in [3.05, 3.63) is 112 Å². The molecule has 152 valence electrons. The number of hydrogen-bond acceptors (Lipinski definition) is 2. The summed E-state index contributed by atoms with van der Waals surface area (Å²) in [5, 5.41) is 5.47. The Morgan fingerprint density at radius 1 is 0.871 bits per heavy atom. The normalized spacial score (nSPS) is 11.1. The van der Waals surface area contributed by atoms with Crippen molar-refractivity contribution in [1.82, 2.24) is 14.9 Å². The predicted molar refractivity (Wildman–Crippen MR) is 128 cm³/mol. The lowest BCUT2D eigenvalue weighted by Crippen LogP contribution is -2.24. The standard InChI is InChI=1S/C26H20BrN3O/c27-21-14-12-19(13-15-21)26(31)28-16-25-29-23-10-3-4-11-24(23)30(25)17-20-8-5-7-18-6-1-2-9-22(18)20/h1-15H,16-17H2,(H,28,31). The van der Waals surface area contributed by atoms with E-state index in [2.05, 4.69) is 74.3 Å². The molecule has 1 heterocycles. The van der Waals surface area contributed by atoms with Crippen molar-refractivity contribution in [2.24, 2.45) is 0 Å². The van der Waals surface area contributed by atoms with E-state index in [1.165, 1.54) is 16.3 Å². The van der Waals surface area contributed by atoms with Crippen LogP contribution in [0, 0.1) is 0 Å². The Bertz CT molecular complexity index is 1380. The Morgan fingerprint density at radius 2 is 1.61 bits per heavy atom. The van der Waals surface area contributed by atoms with Gasteiger partial charge in [-0.3, -0.25) is 4.79 Å². The van der Waals surface area contributed by atoms with Gasteiger partial charge in [0.1, 0.15) is 5.82 Å². The maximum Gasteiger partial charge on any atom is 0.251 e. The lowest BCUT2D eigenvalue weighted by Gasteiger charge is -2.12. The predicted octanol–water partition coefficient (Wildman–Crippen LogP) is 5.93. The van der Waals surface area contributed by atoms with Crippen LogP contribution in [-0.4, -0.2) is 15.5 Å². The van der Waals surface area contributed by atoms with Crippen molar-refractivity contribution >= 4 is 43.6 Å². The number of rotatable bonds is 5. The van der Waals surface area contributed by atoms with Crippen LogP contribution >= 0.6 is 15.9 Å². The zero-order valence-corrected chi connectivity index (χ0v) is 18.3. The van der Waals surface area contributed by atoms with Crippen molar-refractivity contribution in [2.75, 3.05) is 0 Å². The fourth-order valence-corrected chi connectivity index (χ4v) is 4.16. The number of benzene rings is 4. The molecule has 4 aromatic carbocycles. The summed E-state index contributed by atoms with van der Waals surface area (Å²) in [4.78, 5) is 17.4.